The van der Waals surface area contributed by atoms with Crippen LogP contribution in [-0.4, -0.2) is 55.1 Å². The summed E-state index contributed by atoms with van der Waals surface area (Å²) >= 11 is 0. The van der Waals surface area contributed by atoms with Crippen LogP contribution in [0.5, 0.6) is 0 Å². The lowest BCUT2D eigenvalue weighted by atomic mass is 9.77. The molecule has 0 amide bonds. The molecule has 3 heterocycles. The standard InChI is InChI=1S/C19H23N5O3/c25-17-8-14-10-22(9-13(14)7-16(17)24-12-20-11-21-24)5-6-23-15-3-1-2-4-18(15)27-19(23)26/h1-4,11-14,16-17,25H,5-10H2/t13-,14+,16-,17-/m1/s1. The summed E-state index contributed by atoms with van der Waals surface area (Å²) in [5, 5.41) is 14.8. The minimum absolute atomic E-state index is 0.00846. The molecule has 142 valence electrons. The number of aliphatic hydroxyl groups excluding tert-OH is 1. The summed E-state index contributed by atoms with van der Waals surface area (Å²) in [6.07, 6.45) is 4.54. The Bertz CT molecular complexity index is 979. The first kappa shape index (κ1) is 16.7. The molecule has 8 nitrogen and oxygen atoms in total. The normalized spacial score (nSPS) is 28.6. The monoisotopic (exact) mass is 369 g/mol. The van der Waals surface area contributed by atoms with E-state index in [0.717, 1.165) is 38.0 Å². The van der Waals surface area contributed by atoms with Crippen molar-refractivity contribution in [2.75, 3.05) is 19.6 Å². The number of fused-ring (bicyclic) bond motifs is 2. The number of rotatable bonds is 4. The van der Waals surface area contributed by atoms with Crippen molar-refractivity contribution in [1.82, 2.24) is 24.2 Å². The van der Waals surface area contributed by atoms with E-state index in [4.69, 9.17) is 4.42 Å². The van der Waals surface area contributed by atoms with Gasteiger partial charge in [-0.1, -0.05) is 12.1 Å². The maximum Gasteiger partial charge on any atom is 0.419 e. The lowest BCUT2D eigenvalue weighted by Gasteiger charge is -2.35. The maximum atomic E-state index is 12.1. The van der Waals surface area contributed by atoms with Crippen molar-refractivity contribution in [3.63, 3.8) is 0 Å². The van der Waals surface area contributed by atoms with Gasteiger partial charge in [0.05, 0.1) is 17.7 Å². The molecule has 5 rings (SSSR count). The van der Waals surface area contributed by atoms with E-state index in [9.17, 15) is 9.90 Å². The van der Waals surface area contributed by atoms with E-state index >= 15 is 0 Å². The van der Waals surface area contributed by atoms with E-state index in [2.05, 4.69) is 15.0 Å². The molecular formula is C19H23N5O3. The first-order valence-corrected chi connectivity index (χ1v) is 9.52. The molecule has 1 saturated heterocycles. The molecule has 8 heteroatoms. The first-order chi connectivity index (χ1) is 13.2. The van der Waals surface area contributed by atoms with Gasteiger partial charge < -0.3 is 14.4 Å². The summed E-state index contributed by atoms with van der Waals surface area (Å²) in [6.45, 7) is 3.38. The van der Waals surface area contributed by atoms with Gasteiger partial charge >= 0.3 is 5.76 Å². The number of nitrogens with zero attached hydrogens (tertiary/aromatic N) is 5. The van der Waals surface area contributed by atoms with Crippen LogP contribution in [0.4, 0.5) is 0 Å². The average Bonchev–Trinajstić information content (AvgIpc) is 3.37. The number of benzene rings is 1. The van der Waals surface area contributed by atoms with Crippen molar-refractivity contribution in [2.24, 2.45) is 11.8 Å². The Morgan fingerprint density at radius 3 is 2.78 bits per heavy atom. The fourth-order valence-corrected chi connectivity index (χ4v) is 4.83. The fraction of sp³-hybridized carbons (Fsp3) is 0.526. The second kappa shape index (κ2) is 6.61. The van der Waals surface area contributed by atoms with Crippen molar-refractivity contribution in [2.45, 2.75) is 31.5 Å². The number of hydrogen-bond acceptors (Lipinski definition) is 6. The lowest BCUT2D eigenvalue weighted by Crippen LogP contribution is -2.36. The summed E-state index contributed by atoms with van der Waals surface area (Å²) in [5.41, 5.74) is 1.48. The summed E-state index contributed by atoms with van der Waals surface area (Å²) in [4.78, 5) is 18.6. The van der Waals surface area contributed by atoms with Crippen molar-refractivity contribution in [3.8, 4) is 0 Å². The Kier molecular flexibility index (Phi) is 4.09. The molecular weight excluding hydrogens is 346 g/mol. The largest absolute Gasteiger partial charge is 0.419 e. The highest BCUT2D eigenvalue weighted by Gasteiger charge is 2.42. The van der Waals surface area contributed by atoms with Gasteiger partial charge in [-0.25, -0.2) is 14.5 Å². The topological polar surface area (TPSA) is 89.3 Å². The van der Waals surface area contributed by atoms with Gasteiger partial charge in [-0.15, -0.1) is 0 Å². The van der Waals surface area contributed by atoms with Crippen LogP contribution >= 0.6 is 0 Å². The maximum absolute atomic E-state index is 12.1. The molecule has 2 aromatic heterocycles. The second-order valence-electron chi connectivity index (χ2n) is 7.75. The Labute approximate surface area is 156 Å². The van der Waals surface area contributed by atoms with E-state index in [1.54, 1.807) is 15.6 Å². The van der Waals surface area contributed by atoms with Gasteiger partial charge in [0.2, 0.25) is 0 Å². The number of likely N-dealkylation sites (tertiary alicyclic amines) is 1. The Morgan fingerprint density at radius 1 is 1.15 bits per heavy atom. The van der Waals surface area contributed by atoms with Crippen molar-refractivity contribution < 1.29 is 9.52 Å². The van der Waals surface area contributed by atoms with Crippen molar-refractivity contribution in [1.29, 1.82) is 0 Å². The average molecular weight is 369 g/mol. The third-order valence-corrected chi connectivity index (χ3v) is 6.17. The predicted molar refractivity (Wildman–Crippen MR) is 98.2 cm³/mol. The molecule has 1 aliphatic carbocycles. The molecule has 2 aliphatic rings. The Balaban J connectivity index is 1.26. The van der Waals surface area contributed by atoms with Gasteiger partial charge in [-0.2, -0.15) is 5.10 Å². The van der Waals surface area contributed by atoms with Crippen LogP contribution in [0, 0.1) is 11.8 Å². The van der Waals surface area contributed by atoms with Gasteiger partial charge in [0.25, 0.3) is 0 Å². The SMILES string of the molecule is O=c1oc2ccccc2n1CCN1C[C@H]2C[C@@H](n3cncn3)[C@H](O)C[C@H]2C1. The quantitative estimate of drug-likeness (QED) is 0.742. The van der Waals surface area contributed by atoms with Crippen LogP contribution in [0.15, 0.2) is 46.1 Å². The Morgan fingerprint density at radius 2 is 1.96 bits per heavy atom. The van der Waals surface area contributed by atoms with Crippen LogP contribution in [0.1, 0.15) is 18.9 Å². The molecule has 1 aromatic carbocycles. The molecule has 1 saturated carbocycles. The lowest BCUT2D eigenvalue weighted by molar-refractivity contribution is 0.0304. The zero-order valence-electron chi connectivity index (χ0n) is 15.0. The summed E-state index contributed by atoms with van der Waals surface area (Å²) < 4.78 is 8.82. The van der Waals surface area contributed by atoms with Crippen LogP contribution in [0.25, 0.3) is 11.1 Å². The Hall–Kier alpha value is -2.45. The van der Waals surface area contributed by atoms with Gasteiger partial charge in [-0.3, -0.25) is 4.57 Å². The summed E-state index contributed by atoms with van der Waals surface area (Å²) in [5.74, 6) is 0.743. The second-order valence-corrected chi connectivity index (χ2v) is 7.75. The molecule has 0 bridgehead atoms. The minimum atomic E-state index is -0.381. The molecule has 27 heavy (non-hydrogen) atoms. The minimum Gasteiger partial charge on any atom is -0.408 e. The van der Waals surface area contributed by atoms with Crippen molar-refractivity contribution in [3.05, 3.63) is 47.5 Å². The van der Waals surface area contributed by atoms with Crippen LogP contribution in [0.3, 0.4) is 0 Å². The van der Waals surface area contributed by atoms with E-state index < -0.39 is 0 Å². The number of oxazole rings is 1. The number of para-hydroxylation sites is 2. The molecule has 3 aromatic rings. The van der Waals surface area contributed by atoms with Crippen LogP contribution < -0.4 is 5.76 Å². The van der Waals surface area contributed by atoms with Crippen molar-refractivity contribution >= 4 is 11.1 Å². The zero-order valence-corrected chi connectivity index (χ0v) is 15.0. The van der Waals surface area contributed by atoms with Crippen LogP contribution in [0.2, 0.25) is 0 Å². The smallest absolute Gasteiger partial charge is 0.408 e. The molecule has 2 fully saturated rings. The summed E-state index contributed by atoms with van der Waals surface area (Å²) in [7, 11) is 0. The van der Waals surface area contributed by atoms with Gasteiger partial charge in [0, 0.05) is 26.2 Å². The van der Waals surface area contributed by atoms with E-state index in [0.29, 0.717) is 24.0 Å². The number of aliphatic hydroxyl groups is 1. The van der Waals surface area contributed by atoms with E-state index in [1.807, 2.05) is 24.3 Å². The van der Waals surface area contributed by atoms with Crippen LogP contribution in [-0.2, 0) is 6.54 Å². The molecule has 1 aliphatic heterocycles. The number of aromatic nitrogens is 4. The third kappa shape index (κ3) is 2.98. The summed E-state index contributed by atoms with van der Waals surface area (Å²) in [6, 6.07) is 7.54. The highest BCUT2D eigenvalue weighted by atomic mass is 16.4. The fourth-order valence-electron chi connectivity index (χ4n) is 4.83. The van der Waals surface area contributed by atoms with Gasteiger partial charge in [0.15, 0.2) is 5.58 Å². The molecule has 0 unspecified atom stereocenters. The molecule has 1 N–H and O–H groups in total. The highest BCUT2D eigenvalue weighted by molar-refractivity contribution is 5.72. The first-order valence-electron chi connectivity index (χ1n) is 9.52. The van der Waals surface area contributed by atoms with E-state index in [1.165, 1.54) is 6.33 Å². The predicted octanol–water partition coefficient (Wildman–Crippen LogP) is 1.13. The zero-order chi connectivity index (χ0) is 18.4. The third-order valence-electron chi connectivity index (χ3n) is 6.17. The molecule has 4 atom stereocenters. The van der Waals surface area contributed by atoms with E-state index in [-0.39, 0.29) is 17.9 Å². The molecule has 0 radical (unpaired) electrons. The number of hydrogen-bond donors (Lipinski definition) is 1. The molecule has 0 spiro atoms. The van der Waals surface area contributed by atoms with Gasteiger partial charge in [-0.05, 0) is 36.8 Å². The highest BCUT2D eigenvalue weighted by Crippen LogP contribution is 2.40. The van der Waals surface area contributed by atoms with Gasteiger partial charge in [0.1, 0.15) is 12.7 Å².